The van der Waals surface area contributed by atoms with Gasteiger partial charge in [-0.25, -0.2) is 44.2 Å². The summed E-state index contributed by atoms with van der Waals surface area (Å²) in [6.07, 6.45) is 0.267. The van der Waals surface area contributed by atoms with Crippen molar-refractivity contribution in [3.8, 4) is 0 Å². The standard InChI is InChI=1S/C78H100Cl6N10O16S3/c1-92-47-66(63-41-56(79)44-72(82)69(63)50-92)53-8-4-12-60(38-53)111(99,100)88-23-29-108-33-32-105-26-7-11-59(95)15-18-78(91-77(85)98,19-16-75(96)86-21-27-106-34-36-109-30-24-89-112(101,102)61-13-5-9-54(39-61)67-48-93(2)51-70-64(67)42-57(80)45-73(70)83)20-17-76(97)87-22-28-107-35-37-110-31-25-90-113(103,104)62-14-6-10-55(40-62)68-49-94(3)52-71-65(68)43-58(81)46-74(71)84/h4-6,8-10,12-14,38-46,66-68,88-90H,7,11,15-37,47-52H2,1-3H3,(H,86,96)(H,87,97)(H3,85,91,98)/t66-,67-,68-/m0/s1. The van der Waals surface area contributed by atoms with Gasteiger partial charge in [-0.1, -0.05) is 106 Å². The highest BCUT2D eigenvalue weighted by Crippen LogP contribution is 2.42. The number of benzene rings is 6. The number of likely N-dealkylation sites (N-methyl/N-ethyl adjacent to an activating group) is 3. The van der Waals surface area contributed by atoms with Gasteiger partial charge in [0.2, 0.25) is 41.9 Å². The molecule has 0 bridgehead atoms. The molecule has 8 N–H and O–H groups in total. The molecular weight excluding hydrogens is 1640 g/mol. The minimum atomic E-state index is -3.90. The number of sulfonamides is 3. The molecule has 6 aromatic carbocycles. The smallest absolute Gasteiger partial charge is 0.312 e. The van der Waals surface area contributed by atoms with E-state index >= 15 is 0 Å². The molecule has 618 valence electrons. The van der Waals surface area contributed by atoms with E-state index in [1.165, 1.54) is 18.2 Å². The first-order chi connectivity index (χ1) is 54.0. The Morgan fingerprint density at radius 1 is 0.416 bits per heavy atom. The lowest BCUT2D eigenvalue weighted by Crippen LogP contribution is -2.52. The van der Waals surface area contributed by atoms with E-state index in [0.29, 0.717) is 75.8 Å². The van der Waals surface area contributed by atoms with Crippen molar-refractivity contribution in [2.45, 2.75) is 109 Å². The number of hydrogen-bond donors (Lipinski definition) is 7. The lowest BCUT2D eigenvalue weighted by Gasteiger charge is -2.34. The van der Waals surface area contributed by atoms with Gasteiger partial charge >= 0.3 is 6.03 Å². The summed E-state index contributed by atoms with van der Waals surface area (Å²) in [6.45, 7) is 5.62. The fraction of sp³-hybridized carbons (Fsp3) is 0.487. The summed E-state index contributed by atoms with van der Waals surface area (Å²) in [5.74, 6) is -1.40. The third-order valence-corrected chi connectivity index (χ3v) is 25.8. The van der Waals surface area contributed by atoms with Gasteiger partial charge in [-0.05, 0) is 170 Å². The Morgan fingerprint density at radius 3 is 1.05 bits per heavy atom. The number of fused-ring (bicyclic) bond motifs is 3. The van der Waals surface area contributed by atoms with Gasteiger partial charge in [0.15, 0.2) is 0 Å². The van der Waals surface area contributed by atoms with Crippen LogP contribution >= 0.6 is 69.6 Å². The number of amides is 4. The monoisotopic (exact) mass is 1740 g/mol. The fourth-order valence-corrected chi connectivity index (χ4v) is 19.1. The molecule has 113 heavy (non-hydrogen) atoms. The average molecular weight is 1740 g/mol. The maximum atomic E-state index is 13.5. The van der Waals surface area contributed by atoms with Crippen LogP contribution in [0.1, 0.15) is 119 Å². The summed E-state index contributed by atoms with van der Waals surface area (Å²) < 4.78 is 122. The molecule has 0 spiro atoms. The molecule has 9 rings (SSSR count). The van der Waals surface area contributed by atoms with Crippen molar-refractivity contribution in [2.75, 3.05) is 153 Å². The molecule has 0 aromatic heterocycles. The van der Waals surface area contributed by atoms with Crippen molar-refractivity contribution in [3.05, 3.63) is 189 Å². The second-order valence-electron chi connectivity index (χ2n) is 28.3. The summed E-state index contributed by atoms with van der Waals surface area (Å²) >= 11 is 38.9. The first-order valence-corrected chi connectivity index (χ1v) is 44.1. The van der Waals surface area contributed by atoms with Crippen LogP contribution in [0.2, 0.25) is 30.1 Å². The number of nitrogens with one attached hydrogen (secondary N) is 6. The van der Waals surface area contributed by atoms with Gasteiger partial charge in [-0.15, -0.1) is 0 Å². The summed E-state index contributed by atoms with van der Waals surface area (Å²) in [4.78, 5) is 59.6. The van der Waals surface area contributed by atoms with Crippen molar-refractivity contribution in [1.29, 1.82) is 0 Å². The minimum absolute atomic E-state index is 0.00195. The number of rotatable bonds is 47. The van der Waals surface area contributed by atoms with Crippen molar-refractivity contribution in [2.24, 2.45) is 5.73 Å². The van der Waals surface area contributed by atoms with Crippen molar-refractivity contribution >= 4 is 123 Å². The van der Waals surface area contributed by atoms with E-state index in [1.54, 1.807) is 54.6 Å². The Labute approximate surface area is 692 Å². The number of ketones is 1. The van der Waals surface area contributed by atoms with Crippen LogP contribution in [0, 0.1) is 0 Å². The molecule has 0 fully saturated rings. The molecular formula is C78H100Cl6N10O16S3. The van der Waals surface area contributed by atoms with Gasteiger partial charge in [0, 0.05) is 158 Å². The minimum Gasteiger partial charge on any atom is -0.379 e. The second-order valence-corrected chi connectivity index (χ2v) is 36.1. The Kier molecular flexibility index (Phi) is 35.7. The maximum Gasteiger partial charge on any atom is 0.312 e. The Bertz CT molecular complexity index is 4160. The molecule has 0 saturated carbocycles. The molecule has 0 radical (unpaired) electrons. The SMILES string of the molecule is CN1Cc2c(Cl)cc(Cl)cc2[C@H](c2cccc(S(=O)(=O)NCCOCCOCCCC(=O)CCC(CCC(=O)NCCOCCOCCNS(=O)(=O)c3cccc([C@@H]4CN(C)Cc5c(Cl)cc(Cl)cc54)c3)(CCC(=O)NCCOCCOCCNS(=O)(=O)c3cccc([C@@H]4CN(C)Cc5c(Cl)cc(Cl)cc54)c3)NC(N)=O)c2)C1. The lowest BCUT2D eigenvalue weighted by atomic mass is 9.82. The zero-order chi connectivity index (χ0) is 81.3. The lowest BCUT2D eigenvalue weighted by molar-refractivity contribution is -0.121. The van der Waals surface area contributed by atoms with Gasteiger partial charge in [-0.2, -0.15) is 0 Å². The van der Waals surface area contributed by atoms with Gasteiger partial charge in [0.25, 0.3) is 0 Å². The van der Waals surface area contributed by atoms with Crippen LogP contribution < -0.4 is 35.9 Å². The molecule has 0 unspecified atom stereocenters. The normalized spacial score (nSPS) is 16.3. The van der Waals surface area contributed by atoms with E-state index in [-0.39, 0.29) is 195 Å². The molecule has 0 aliphatic carbocycles. The predicted molar refractivity (Wildman–Crippen MR) is 437 cm³/mol. The van der Waals surface area contributed by atoms with Crippen LogP contribution in [0.15, 0.2) is 124 Å². The fourth-order valence-electron chi connectivity index (χ4n) is 14.2. The Balaban J connectivity index is 0.676. The largest absolute Gasteiger partial charge is 0.379 e. The average Bonchev–Trinajstić information content (AvgIpc) is 0.781. The third-order valence-electron chi connectivity index (χ3n) is 19.7. The topological polar surface area (TPSA) is 334 Å². The van der Waals surface area contributed by atoms with Crippen molar-refractivity contribution < 1.29 is 72.9 Å². The van der Waals surface area contributed by atoms with Gasteiger partial charge in [0.1, 0.15) is 5.78 Å². The zero-order valence-corrected chi connectivity index (χ0v) is 70.5. The van der Waals surface area contributed by atoms with Crippen LogP contribution in [-0.4, -0.2) is 222 Å². The molecule has 3 atom stereocenters. The van der Waals surface area contributed by atoms with Crippen LogP contribution in [0.3, 0.4) is 0 Å². The molecule has 26 nitrogen and oxygen atoms in total. The summed E-state index contributed by atoms with van der Waals surface area (Å²) in [7, 11) is -5.75. The zero-order valence-electron chi connectivity index (χ0n) is 63.5. The van der Waals surface area contributed by atoms with Gasteiger partial charge in [0.05, 0.1) is 87.4 Å². The third kappa shape index (κ3) is 28.0. The van der Waals surface area contributed by atoms with E-state index in [2.05, 4.69) is 44.8 Å². The number of urea groups is 1. The number of nitrogens with two attached hydrogens (primary N) is 1. The maximum absolute atomic E-state index is 13.5. The number of primary amides is 1. The molecule has 35 heteroatoms. The van der Waals surface area contributed by atoms with E-state index in [1.807, 2.05) is 57.5 Å². The summed E-state index contributed by atoms with van der Waals surface area (Å²) in [6, 6.07) is 30.2. The number of carbonyl (C=O) groups is 4. The predicted octanol–water partition coefficient (Wildman–Crippen LogP) is 10.0. The van der Waals surface area contributed by atoms with Crippen LogP contribution in [-0.2, 0) is 92.5 Å². The molecule has 6 aromatic rings. The van der Waals surface area contributed by atoms with Gasteiger partial charge in [-0.3, -0.25) is 14.4 Å². The number of hydrogen-bond acceptors (Lipinski definition) is 19. The number of ether oxygens (including phenoxy) is 6. The summed E-state index contributed by atoms with van der Waals surface area (Å²) in [5, 5.41) is 11.6. The molecule has 3 aliphatic heterocycles. The van der Waals surface area contributed by atoms with E-state index in [4.69, 9.17) is 104 Å². The molecule has 3 aliphatic rings. The van der Waals surface area contributed by atoms with Crippen LogP contribution in [0.5, 0.6) is 0 Å². The van der Waals surface area contributed by atoms with E-state index in [9.17, 15) is 44.4 Å². The Hall–Kier alpha value is -5.69. The molecule has 4 amide bonds. The quantitative estimate of drug-likeness (QED) is 0.0175. The first-order valence-electron chi connectivity index (χ1n) is 37.4. The first kappa shape index (κ1) is 91.2. The molecule has 0 saturated heterocycles. The van der Waals surface area contributed by atoms with E-state index in [0.717, 1.165) is 50.1 Å². The van der Waals surface area contributed by atoms with Crippen LogP contribution in [0.4, 0.5) is 4.79 Å². The van der Waals surface area contributed by atoms with Crippen molar-refractivity contribution in [1.82, 2.24) is 44.8 Å². The highest BCUT2D eigenvalue weighted by atomic mass is 35.5. The van der Waals surface area contributed by atoms with Gasteiger partial charge < -0.3 is 64.8 Å². The second kappa shape index (κ2) is 44.2. The number of halogens is 6. The number of Topliss-reactive ketones (excluding diaryl/α,β-unsaturated/α-hetero) is 1. The van der Waals surface area contributed by atoms with E-state index < -0.39 is 53.5 Å². The number of nitrogens with zero attached hydrogens (tertiary/aromatic N) is 3. The highest BCUT2D eigenvalue weighted by Gasteiger charge is 2.35. The number of carbonyl (C=O) groups excluding carboxylic acids is 4. The Morgan fingerprint density at radius 2 is 0.726 bits per heavy atom. The van der Waals surface area contributed by atoms with Crippen molar-refractivity contribution in [3.63, 3.8) is 0 Å². The van der Waals surface area contributed by atoms with Crippen LogP contribution in [0.25, 0.3) is 0 Å². The summed E-state index contributed by atoms with van der Waals surface area (Å²) in [5.41, 5.74) is 12.6. The molecule has 3 heterocycles. The highest BCUT2D eigenvalue weighted by molar-refractivity contribution is 7.90.